The Labute approximate surface area is 469 Å². The molecule has 0 fully saturated rings. The average Bonchev–Trinajstić information content (AvgIpc) is 3.41. The third-order valence-electron chi connectivity index (χ3n) is 16.0. The monoisotopic (exact) mass is 1060 g/mol. The number of carbonyl (C=O) groups is 2. The summed E-state index contributed by atoms with van der Waals surface area (Å²) in [5, 5.41) is 23.4. The molecule has 0 saturated heterocycles. The van der Waals surface area contributed by atoms with Crippen LogP contribution in [-0.4, -0.2) is 47.4 Å². The molecule has 75 heavy (non-hydrogen) atoms. The van der Waals surface area contributed by atoms with E-state index in [0.717, 1.165) is 51.4 Å². The summed E-state index contributed by atoms with van der Waals surface area (Å²) in [4.78, 5) is 24.6. The smallest absolute Gasteiger partial charge is 0.305 e. The minimum absolute atomic E-state index is 0.000108. The first-order valence-corrected chi connectivity index (χ1v) is 34.1. The molecule has 0 rings (SSSR count). The standard InChI is InChI=1S/C69H133NO5/c1-3-5-7-9-11-13-15-17-19-20-21-24-27-30-34-37-41-45-49-53-57-61-67(72)66(65-71)70-68(73)62-58-54-50-46-42-38-35-31-28-25-22-23-26-29-32-36-40-44-48-52-56-60-64-75-69(74)63-59-55-51-47-43-39-33-18-16-14-12-10-8-6-4-2/h12,14,18,33,66-67,71-72H,3-11,13,15-17,19-32,34-65H2,1-2H3,(H,70,73)/b14-12-,33-18-. The SMILES string of the molecule is CCCCC/C=C\C/C=C\CCCCCCCC(=O)OCCCCCCCCCCCCCCCCCCCCCCCCC(=O)NC(CO)C(O)CCCCCCCCCCCCCCCCCCCCCCC. The zero-order valence-electron chi connectivity index (χ0n) is 50.8. The molecule has 0 radical (unpaired) electrons. The van der Waals surface area contributed by atoms with Gasteiger partial charge >= 0.3 is 5.97 Å². The van der Waals surface area contributed by atoms with Crippen LogP contribution in [0, 0.1) is 0 Å². The number of rotatable bonds is 64. The maximum absolute atomic E-state index is 12.5. The summed E-state index contributed by atoms with van der Waals surface area (Å²) in [5.41, 5.74) is 0. The summed E-state index contributed by atoms with van der Waals surface area (Å²) < 4.78 is 5.48. The van der Waals surface area contributed by atoms with Gasteiger partial charge in [0.15, 0.2) is 0 Å². The van der Waals surface area contributed by atoms with E-state index in [-0.39, 0.29) is 18.5 Å². The van der Waals surface area contributed by atoms with Crippen LogP contribution >= 0.6 is 0 Å². The maximum atomic E-state index is 12.5. The van der Waals surface area contributed by atoms with Gasteiger partial charge in [-0.1, -0.05) is 334 Å². The molecule has 6 nitrogen and oxygen atoms in total. The Hall–Kier alpha value is -1.66. The fraction of sp³-hybridized carbons (Fsp3) is 0.913. The van der Waals surface area contributed by atoms with Gasteiger partial charge in [-0.25, -0.2) is 0 Å². The van der Waals surface area contributed by atoms with E-state index in [1.165, 1.54) is 295 Å². The van der Waals surface area contributed by atoms with Crippen LogP contribution in [0.4, 0.5) is 0 Å². The summed E-state index contributed by atoms with van der Waals surface area (Å²) in [6, 6.07) is -0.543. The number of unbranched alkanes of at least 4 members (excludes halogenated alkanes) is 49. The van der Waals surface area contributed by atoms with Crippen molar-refractivity contribution in [1.29, 1.82) is 0 Å². The third kappa shape index (κ3) is 61.4. The van der Waals surface area contributed by atoms with Crippen molar-refractivity contribution >= 4 is 11.9 Å². The van der Waals surface area contributed by atoms with Crippen LogP contribution in [-0.2, 0) is 14.3 Å². The van der Waals surface area contributed by atoms with Gasteiger partial charge < -0.3 is 20.3 Å². The molecule has 0 aliphatic carbocycles. The Kier molecular flexibility index (Phi) is 63.4. The van der Waals surface area contributed by atoms with Crippen molar-refractivity contribution < 1.29 is 24.5 Å². The topological polar surface area (TPSA) is 95.9 Å². The number of nitrogens with one attached hydrogen (secondary N) is 1. The van der Waals surface area contributed by atoms with Crippen molar-refractivity contribution in [2.45, 2.75) is 392 Å². The first-order valence-electron chi connectivity index (χ1n) is 34.1. The molecule has 444 valence electrons. The Balaban J connectivity index is 3.38. The van der Waals surface area contributed by atoms with Gasteiger partial charge in [-0.3, -0.25) is 9.59 Å². The van der Waals surface area contributed by atoms with E-state index in [1.54, 1.807) is 0 Å². The Morgan fingerprint density at radius 3 is 1.04 bits per heavy atom. The van der Waals surface area contributed by atoms with Crippen LogP contribution < -0.4 is 5.32 Å². The predicted molar refractivity (Wildman–Crippen MR) is 329 cm³/mol. The molecule has 0 aromatic carbocycles. The lowest BCUT2D eigenvalue weighted by molar-refractivity contribution is -0.143. The van der Waals surface area contributed by atoms with Crippen LogP contribution in [0.25, 0.3) is 0 Å². The highest BCUT2D eigenvalue weighted by molar-refractivity contribution is 5.76. The quantitative estimate of drug-likeness (QED) is 0.0320. The maximum Gasteiger partial charge on any atom is 0.305 e. The minimum Gasteiger partial charge on any atom is -0.466 e. The number of aliphatic hydroxyl groups excluding tert-OH is 2. The molecule has 0 heterocycles. The molecule has 1 amide bonds. The molecule has 0 saturated carbocycles. The number of aliphatic hydroxyl groups is 2. The Morgan fingerprint density at radius 1 is 0.373 bits per heavy atom. The molecule has 2 unspecified atom stereocenters. The zero-order chi connectivity index (χ0) is 54.3. The molecule has 0 spiro atoms. The molecule has 0 bridgehead atoms. The lowest BCUT2D eigenvalue weighted by Gasteiger charge is -2.22. The molecule has 3 N–H and O–H groups in total. The average molecular weight is 1060 g/mol. The van der Waals surface area contributed by atoms with Gasteiger partial charge in [0.2, 0.25) is 5.91 Å². The van der Waals surface area contributed by atoms with E-state index < -0.39 is 12.1 Å². The Morgan fingerprint density at radius 2 is 0.667 bits per heavy atom. The normalized spacial score (nSPS) is 12.6. The van der Waals surface area contributed by atoms with E-state index >= 15 is 0 Å². The number of carbonyl (C=O) groups excluding carboxylic acids is 2. The lowest BCUT2D eigenvalue weighted by atomic mass is 10.0. The highest BCUT2D eigenvalue weighted by Crippen LogP contribution is 2.19. The molecule has 6 heteroatoms. The molecular formula is C69H133NO5. The van der Waals surface area contributed by atoms with E-state index in [9.17, 15) is 19.8 Å². The number of hydrogen-bond acceptors (Lipinski definition) is 5. The van der Waals surface area contributed by atoms with Crippen LogP contribution in [0.2, 0.25) is 0 Å². The third-order valence-corrected chi connectivity index (χ3v) is 16.0. The molecule has 2 atom stereocenters. The first-order chi connectivity index (χ1) is 37.0. The van der Waals surface area contributed by atoms with Gasteiger partial charge in [0.05, 0.1) is 25.4 Å². The summed E-state index contributed by atoms with van der Waals surface area (Å²) in [6.07, 6.45) is 80.6. The van der Waals surface area contributed by atoms with Gasteiger partial charge in [0.25, 0.3) is 0 Å². The predicted octanol–water partition coefficient (Wildman–Crippen LogP) is 21.8. The van der Waals surface area contributed by atoms with Crippen molar-refractivity contribution in [3.63, 3.8) is 0 Å². The van der Waals surface area contributed by atoms with Crippen molar-refractivity contribution in [2.75, 3.05) is 13.2 Å². The number of hydrogen-bond donors (Lipinski definition) is 3. The fourth-order valence-corrected chi connectivity index (χ4v) is 10.8. The summed E-state index contributed by atoms with van der Waals surface area (Å²) in [5.74, 6) is -0.0311. The number of amides is 1. The second-order valence-electron chi connectivity index (χ2n) is 23.5. The minimum atomic E-state index is -0.666. The first kappa shape index (κ1) is 73.3. The van der Waals surface area contributed by atoms with Gasteiger partial charge in [-0.15, -0.1) is 0 Å². The Bertz CT molecular complexity index is 1170. The fourth-order valence-electron chi connectivity index (χ4n) is 10.8. The summed E-state index contributed by atoms with van der Waals surface area (Å²) in [6.45, 7) is 4.95. The largest absolute Gasteiger partial charge is 0.466 e. The molecule has 0 aromatic rings. The number of esters is 1. The molecule has 0 aromatic heterocycles. The number of ether oxygens (including phenoxy) is 1. The van der Waals surface area contributed by atoms with E-state index in [2.05, 4.69) is 43.5 Å². The molecular weight excluding hydrogens is 923 g/mol. The van der Waals surface area contributed by atoms with Gasteiger partial charge in [0.1, 0.15) is 0 Å². The second kappa shape index (κ2) is 64.9. The molecule has 0 aliphatic heterocycles. The van der Waals surface area contributed by atoms with Crippen LogP contribution in [0.5, 0.6) is 0 Å². The van der Waals surface area contributed by atoms with Crippen molar-refractivity contribution in [3.8, 4) is 0 Å². The van der Waals surface area contributed by atoms with Crippen molar-refractivity contribution in [3.05, 3.63) is 24.3 Å². The summed E-state index contributed by atoms with van der Waals surface area (Å²) in [7, 11) is 0. The second-order valence-corrected chi connectivity index (χ2v) is 23.5. The zero-order valence-corrected chi connectivity index (χ0v) is 50.8. The highest BCUT2D eigenvalue weighted by atomic mass is 16.5. The van der Waals surface area contributed by atoms with Crippen molar-refractivity contribution in [1.82, 2.24) is 5.32 Å². The molecule has 0 aliphatic rings. The van der Waals surface area contributed by atoms with Gasteiger partial charge in [0, 0.05) is 12.8 Å². The van der Waals surface area contributed by atoms with E-state index in [1.807, 2.05) is 0 Å². The van der Waals surface area contributed by atoms with Crippen LogP contribution in [0.3, 0.4) is 0 Å². The number of allylic oxidation sites excluding steroid dienone is 4. The van der Waals surface area contributed by atoms with E-state index in [0.29, 0.717) is 25.9 Å². The van der Waals surface area contributed by atoms with Gasteiger partial charge in [-0.05, 0) is 57.8 Å². The van der Waals surface area contributed by atoms with Crippen LogP contribution in [0.1, 0.15) is 380 Å². The van der Waals surface area contributed by atoms with Crippen molar-refractivity contribution in [2.24, 2.45) is 0 Å². The van der Waals surface area contributed by atoms with Crippen LogP contribution in [0.15, 0.2) is 24.3 Å². The highest BCUT2D eigenvalue weighted by Gasteiger charge is 2.20. The lowest BCUT2D eigenvalue weighted by Crippen LogP contribution is -2.45. The van der Waals surface area contributed by atoms with E-state index in [4.69, 9.17) is 4.74 Å². The summed E-state index contributed by atoms with van der Waals surface area (Å²) >= 11 is 0. The van der Waals surface area contributed by atoms with Gasteiger partial charge in [-0.2, -0.15) is 0 Å².